The van der Waals surface area contributed by atoms with E-state index in [1.54, 1.807) is 37.4 Å². The second-order valence-electron chi connectivity index (χ2n) is 8.46. The minimum absolute atomic E-state index is 0.0738. The molecule has 2 aromatic carbocycles. The van der Waals surface area contributed by atoms with E-state index in [-0.39, 0.29) is 18.0 Å². The molecule has 3 amide bonds. The maximum absolute atomic E-state index is 12.9. The highest BCUT2D eigenvalue weighted by atomic mass is 16.5. The Morgan fingerprint density at radius 1 is 0.935 bits per heavy atom. The molecular weight excluding hydrogens is 392 g/mol. The maximum atomic E-state index is 12.9. The molecular formula is C24H30N4O3. The minimum atomic E-state index is -0.363. The number of ether oxygens (including phenoxy) is 1. The second kappa shape index (κ2) is 9.29. The van der Waals surface area contributed by atoms with E-state index < -0.39 is 0 Å². The number of rotatable bonds is 6. The van der Waals surface area contributed by atoms with E-state index >= 15 is 0 Å². The Labute approximate surface area is 183 Å². The van der Waals surface area contributed by atoms with Gasteiger partial charge in [0.05, 0.1) is 12.7 Å². The first-order valence-corrected chi connectivity index (χ1v) is 10.9. The van der Waals surface area contributed by atoms with Crippen molar-refractivity contribution in [3.05, 3.63) is 48.0 Å². The fourth-order valence-electron chi connectivity index (χ4n) is 3.78. The van der Waals surface area contributed by atoms with Gasteiger partial charge >= 0.3 is 6.03 Å². The molecule has 2 aromatic rings. The number of carbonyl (C=O) groups excluding carboxylic acids is 2. The molecule has 2 fully saturated rings. The average Bonchev–Trinajstić information content (AvgIpc) is 3.59. The van der Waals surface area contributed by atoms with Gasteiger partial charge in [-0.25, -0.2) is 4.79 Å². The first kappa shape index (κ1) is 21.0. The Kier molecular flexibility index (Phi) is 6.30. The van der Waals surface area contributed by atoms with Crippen molar-refractivity contribution in [3.8, 4) is 5.75 Å². The van der Waals surface area contributed by atoms with Crippen LogP contribution in [0.2, 0.25) is 0 Å². The molecule has 0 aromatic heterocycles. The fraction of sp³-hybridized carbons (Fsp3) is 0.417. The standard InChI is InChI=1S/C24H30N4O3/c1-16-11-13-28(14-12-16)22-10-7-19(15-21(22)23(29)25-17-3-4-17)27-24(30)26-18-5-8-20(31-2)9-6-18/h5-10,15-17H,3-4,11-14H2,1-2H3,(H,25,29)(H2,26,27,30). The second-order valence-corrected chi connectivity index (χ2v) is 8.46. The van der Waals surface area contributed by atoms with Gasteiger partial charge in [0.2, 0.25) is 0 Å². The number of anilines is 3. The number of hydrogen-bond acceptors (Lipinski definition) is 4. The average molecular weight is 423 g/mol. The van der Waals surface area contributed by atoms with Crippen LogP contribution in [0, 0.1) is 5.92 Å². The summed E-state index contributed by atoms with van der Waals surface area (Å²) in [4.78, 5) is 27.7. The van der Waals surface area contributed by atoms with Gasteiger partial charge in [0.15, 0.2) is 0 Å². The van der Waals surface area contributed by atoms with Crippen LogP contribution in [0.5, 0.6) is 5.75 Å². The topological polar surface area (TPSA) is 82.7 Å². The van der Waals surface area contributed by atoms with Crippen LogP contribution < -0.4 is 25.6 Å². The van der Waals surface area contributed by atoms with Crippen LogP contribution in [0.25, 0.3) is 0 Å². The van der Waals surface area contributed by atoms with E-state index in [2.05, 4.69) is 27.8 Å². The lowest BCUT2D eigenvalue weighted by Gasteiger charge is -2.33. The highest BCUT2D eigenvalue weighted by Crippen LogP contribution is 2.30. The van der Waals surface area contributed by atoms with Crippen molar-refractivity contribution in [3.63, 3.8) is 0 Å². The molecule has 2 aliphatic rings. The van der Waals surface area contributed by atoms with Gasteiger partial charge in [-0.05, 0) is 74.1 Å². The van der Waals surface area contributed by atoms with E-state index in [0.717, 1.165) is 50.2 Å². The number of carbonyl (C=O) groups is 2. The maximum Gasteiger partial charge on any atom is 0.323 e. The summed E-state index contributed by atoms with van der Waals surface area (Å²) in [5.74, 6) is 1.36. The zero-order valence-corrected chi connectivity index (χ0v) is 18.1. The molecule has 3 N–H and O–H groups in total. The molecule has 4 rings (SSSR count). The predicted octanol–water partition coefficient (Wildman–Crippen LogP) is 4.47. The summed E-state index contributed by atoms with van der Waals surface area (Å²) in [6.07, 6.45) is 4.30. The number of benzene rings is 2. The van der Waals surface area contributed by atoms with Gasteiger partial charge < -0.3 is 25.6 Å². The van der Waals surface area contributed by atoms with Crippen molar-refractivity contribution in [2.45, 2.75) is 38.6 Å². The van der Waals surface area contributed by atoms with Crippen molar-refractivity contribution in [2.24, 2.45) is 5.92 Å². The van der Waals surface area contributed by atoms with Gasteiger partial charge in [-0.3, -0.25) is 4.79 Å². The third-order valence-electron chi connectivity index (χ3n) is 5.88. The summed E-state index contributed by atoms with van der Waals surface area (Å²) in [6, 6.07) is 12.6. The number of amides is 3. The van der Waals surface area contributed by atoms with Crippen molar-refractivity contribution in [1.82, 2.24) is 5.32 Å². The molecule has 0 atom stereocenters. The van der Waals surface area contributed by atoms with Crippen molar-refractivity contribution >= 4 is 29.0 Å². The molecule has 1 heterocycles. The van der Waals surface area contributed by atoms with Crippen LogP contribution in [0.1, 0.15) is 43.0 Å². The van der Waals surface area contributed by atoms with Gasteiger partial charge in [-0.2, -0.15) is 0 Å². The van der Waals surface area contributed by atoms with E-state index in [1.165, 1.54) is 0 Å². The molecule has 7 nitrogen and oxygen atoms in total. The summed E-state index contributed by atoms with van der Waals surface area (Å²) in [5, 5.41) is 8.72. The summed E-state index contributed by atoms with van der Waals surface area (Å²) >= 11 is 0. The van der Waals surface area contributed by atoms with Gasteiger partial charge in [0.25, 0.3) is 5.91 Å². The van der Waals surface area contributed by atoms with Gasteiger partial charge in [0, 0.05) is 36.2 Å². The van der Waals surface area contributed by atoms with E-state index in [1.807, 2.05) is 12.1 Å². The molecule has 164 valence electrons. The van der Waals surface area contributed by atoms with Gasteiger partial charge in [0.1, 0.15) is 5.75 Å². The normalized spacial score (nSPS) is 16.5. The number of methoxy groups -OCH3 is 1. The Balaban J connectivity index is 1.49. The third kappa shape index (κ3) is 5.48. The molecule has 1 aliphatic carbocycles. The van der Waals surface area contributed by atoms with Crippen molar-refractivity contribution in [1.29, 1.82) is 0 Å². The van der Waals surface area contributed by atoms with Crippen LogP contribution in [0.15, 0.2) is 42.5 Å². The van der Waals surface area contributed by atoms with Crippen LogP contribution >= 0.6 is 0 Å². The fourth-order valence-corrected chi connectivity index (χ4v) is 3.78. The van der Waals surface area contributed by atoms with Crippen LogP contribution in [-0.4, -0.2) is 38.2 Å². The number of hydrogen-bond donors (Lipinski definition) is 3. The van der Waals surface area contributed by atoms with Gasteiger partial charge in [-0.15, -0.1) is 0 Å². The predicted molar refractivity (Wildman–Crippen MR) is 123 cm³/mol. The first-order chi connectivity index (χ1) is 15.0. The Hall–Kier alpha value is -3.22. The van der Waals surface area contributed by atoms with Gasteiger partial charge in [-0.1, -0.05) is 6.92 Å². The zero-order chi connectivity index (χ0) is 21.8. The molecule has 0 spiro atoms. The molecule has 0 bridgehead atoms. The molecule has 0 unspecified atom stereocenters. The van der Waals surface area contributed by atoms with Crippen LogP contribution in [0.4, 0.5) is 21.9 Å². The molecule has 31 heavy (non-hydrogen) atoms. The number of nitrogens with zero attached hydrogens (tertiary/aromatic N) is 1. The lowest BCUT2D eigenvalue weighted by Crippen LogP contribution is -2.35. The first-order valence-electron chi connectivity index (χ1n) is 10.9. The lowest BCUT2D eigenvalue weighted by molar-refractivity contribution is 0.0951. The summed E-state index contributed by atoms with van der Waals surface area (Å²) < 4.78 is 5.13. The molecule has 1 saturated carbocycles. The van der Waals surface area contributed by atoms with Crippen LogP contribution in [0.3, 0.4) is 0 Å². The SMILES string of the molecule is COc1ccc(NC(=O)Nc2ccc(N3CCC(C)CC3)c(C(=O)NC3CC3)c2)cc1. The van der Waals surface area contributed by atoms with E-state index in [9.17, 15) is 9.59 Å². The zero-order valence-electron chi connectivity index (χ0n) is 18.1. The summed E-state index contributed by atoms with van der Waals surface area (Å²) in [6.45, 7) is 4.15. The quantitative estimate of drug-likeness (QED) is 0.642. The monoisotopic (exact) mass is 422 g/mol. The van der Waals surface area contributed by atoms with Crippen LogP contribution in [-0.2, 0) is 0 Å². The molecule has 1 saturated heterocycles. The summed E-state index contributed by atoms with van der Waals surface area (Å²) in [7, 11) is 1.60. The molecule has 7 heteroatoms. The van der Waals surface area contributed by atoms with E-state index in [4.69, 9.17) is 4.74 Å². The number of nitrogens with one attached hydrogen (secondary N) is 3. The highest BCUT2D eigenvalue weighted by molar-refractivity contribution is 6.04. The number of urea groups is 1. The van der Waals surface area contributed by atoms with E-state index in [0.29, 0.717) is 22.9 Å². The minimum Gasteiger partial charge on any atom is -0.497 e. The van der Waals surface area contributed by atoms with Crippen molar-refractivity contribution in [2.75, 3.05) is 35.7 Å². The largest absolute Gasteiger partial charge is 0.497 e. The lowest BCUT2D eigenvalue weighted by atomic mass is 9.98. The Bertz CT molecular complexity index is 932. The Morgan fingerprint density at radius 3 is 2.23 bits per heavy atom. The smallest absolute Gasteiger partial charge is 0.323 e. The summed E-state index contributed by atoms with van der Waals surface area (Å²) in [5.41, 5.74) is 2.79. The third-order valence-corrected chi connectivity index (χ3v) is 5.88. The number of piperidine rings is 1. The molecule has 1 aliphatic heterocycles. The highest BCUT2D eigenvalue weighted by Gasteiger charge is 2.27. The van der Waals surface area contributed by atoms with Crippen molar-refractivity contribution < 1.29 is 14.3 Å². The molecule has 0 radical (unpaired) electrons. The Morgan fingerprint density at radius 2 is 1.58 bits per heavy atom.